The maximum absolute atomic E-state index is 9.89. The highest BCUT2D eigenvalue weighted by molar-refractivity contribution is 5.85. The number of methoxy groups -OCH3 is 2. The third-order valence-electron chi connectivity index (χ3n) is 5.22. The minimum absolute atomic E-state index is 0. The van der Waals surface area contributed by atoms with E-state index < -0.39 is 0 Å². The molecule has 0 fully saturated rings. The van der Waals surface area contributed by atoms with E-state index >= 15 is 0 Å². The van der Waals surface area contributed by atoms with Gasteiger partial charge in [-0.2, -0.15) is 0 Å². The monoisotopic (exact) mass is 441 g/mol. The van der Waals surface area contributed by atoms with Gasteiger partial charge in [-0.15, -0.1) is 12.4 Å². The SMILES string of the molecule is COc1ccc(C(NCC(c2ccc(O)c(O)c2)C(C)C)C(C)C)cc1OC.Cl.O. The van der Waals surface area contributed by atoms with Gasteiger partial charge in [0, 0.05) is 12.6 Å². The van der Waals surface area contributed by atoms with Crippen LogP contribution in [0.5, 0.6) is 23.0 Å². The number of hydrogen-bond donors (Lipinski definition) is 3. The van der Waals surface area contributed by atoms with E-state index in [0.29, 0.717) is 17.6 Å². The average Bonchev–Trinajstić information content (AvgIpc) is 2.66. The van der Waals surface area contributed by atoms with Crippen molar-refractivity contribution in [3.63, 3.8) is 0 Å². The molecule has 6 nitrogen and oxygen atoms in total. The van der Waals surface area contributed by atoms with E-state index in [2.05, 4.69) is 39.1 Å². The highest BCUT2D eigenvalue weighted by Gasteiger charge is 2.22. The maximum Gasteiger partial charge on any atom is 0.161 e. The molecule has 2 atom stereocenters. The summed E-state index contributed by atoms with van der Waals surface area (Å²) in [5, 5.41) is 23.2. The van der Waals surface area contributed by atoms with E-state index in [1.807, 2.05) is 18.2 Å². The molecule has 5 N–H and O–H groups in total. The third kappa shape index (κ3) is 6.69. The molecule has 0 spiro atoms. The van der Waals surface area contributed by atoms with Gasteiger partial charge in [0.2, 0.25) is 0 Å². The van der Waals surface area contributed by atoms with Gasteiger partial charge in [0.25, 0.3) is 0 Å². The van der Waals surface area contributed by atoms with Gasteiger partial charge in [-0.3, -0.25) is 0 Å². The van der Waals surface area contributed by atoms with Gasteiger partial charge in [-0.1, -0.05) is 39.8 Å². The van der Waals surface area contributed by atoms with Crippen LogP contribution in [0.4, 0.5) is 0 Å². The molecule has 2 aromatic rings. The Labute approximate surface area is 186 Å². The first-order valence-electron chi connectivity index (χ1n) is 9.75. The van der Waals surface area contributed by atoms with Crippen LogP contribution in [0.3, 0.4) is 0 Å². The summed E-state index contributed by atoms with van der Waals surface area (Å²) in [6.07, 6.45) is 0. The van der Waals surface area contributed by atoms with Crippen LogP contribution in [0.1, 0.15) is 50.8 Å². The topological polar surface area (TPSA) is 102 Å². The molecule has 30 heavy (non-hydrogen) atoms. The van der Waals surface area contributed by atoms with Crippen LogP contribution in [0, 0.1) is 11.8 Å². The highest BCUT2D eigenvalue weighted by Crippen LogP contribution is 2.34. The predicted molar refractivity (Wildman–Crippen MR) is 123 cm³/mol. The summed E-state index contributed by atoms with van der Waals surface area (Å²) < 4.78 is 10.8. The minimum atomic E-state index is -0.0930. The normalized spacial score (nSPS) is 12.7. The Balaban J connectivity index is 0.00000420. The second kappa shape index (κ2) is 12.5. The number of rotatable bonds is 9. The summed E-state index contributed by atoms with van der Waals surface area (Å²) in [5.74, 6) is 2.21. The van der Waals surface area contributed by atoms with Crippen molar-refractivity contribution in [3.8, 4) is 23.0 Å². The summed E-state index contributed by atoms with van der Waals surface area (Å²) >= 11 is 0. The molecule has 0 aromatic heterocycles. The smallest absolute Gasteiger partial charge is 0.161 e. The van der Waals surface area contributed by atoms with Crippen molar-refractivity contribution < 1.29 is 25.2 Å². The van der Waals surface area contributed by atoms with Crippen molar-refractivity contribution in [1.29, 1.82) is 0 Å². The van der Waals surface area contributed by atoms with Crippen molar-refractivity contribution >= 4 is 12.4 Å². The largest absolute Gasteiger partial charge is 0.504 e. The number of benzene rings is 2. The quantitative estimate of drug-likeness (QED) is 0.499. The van der Waals surface area contributed by atoms with Gasteiger partial charge >= 0.3 is 0 Å². The Kier molecular flexibility index (Phi) is 11.6. The second-order valence-corrected chi connectivity index (χ2v) is 7.84. The summed E-state index contributed by atoms with van der Waals surface area (Å²) in [4.78, 5) is 0. The fourth-order valence-electron chi connectivity index (χ4n) is 3.55. The summed E-state index contributed by atoms with van der Waals surface area (Å²) in [7, 11) is 3.28. The Bertz CT molecular complexity index is 782. The molecule has 0 aliphatic rings. The van der Waals surface area contributed by atoms with Crippen molar-refractivity contribution in [1.82, 2.24) is 5.32 Å². The minimum Gasteiger partial charge on any atom is -0.504 e. The molecule has 0 heterocycles. The van der Waals surface area contributed by atoms with Gasteiger partial charge in [-0.05, 0) is 53.1 Å². The molecule has 0 saturated carbocycles. The molecule has 0 bridgehead atoms. The van der Waals surface area contributed by atoms with E-state index in [1.54, 1.807) is 26.4 Å². The van der Waals surface area contributed by atoms with Crippen LogP contribution in [0.25, 0.3) is 0 Å². The number of phenols is 2. The number of phenolic OH excluding ortho intramolecular Hbond substituents is 2. The molecule has 2 unspecified atom stereocenters. The van der Waals surface area contributed by atoms with E-state index in [0.717, 1.165) is 23.4 Å². The molecule has 0 amide bonds. The Morgan fingerprint density at radius 3 is 1.90 bits per heavy atom. The fourth-order valence-corrected chi connectivity index (χ4v) is 3.55. The fraction of sp³-hybridized carbons (Fsp3) is 0.478. The number of nitrogens with one attached hydrogen (secondary N) is 1. The number of ether oxygens (including phenoxy) is 2. The van der Waals surface area contributed by atoms with Crippen molar-refractivity contribution in [2.75, 3.05) is 20.8 Å². The number of hydrogen-bond acceptors (Lipinski definition) is 5. The number of halogens is 1. The molecule has 0 radical (unpaired) electrons. The highest BCUT2D eigenvalue weighted by atomic mass is 35.5. The summed E-state index contributed by atoms with van der Waals surface area (Å²) in [6, 6.07) is 11.2. The molecule has 2 rings (SSSR count). The molecule has 2 aromatic carbocycles. The van der Waals surface area contributed by atoms with E-state index in [4.69, 9.17) is 9.47 Å². The lowest BCUT2D eigenvalue weighted by Crippen LogP contribution is -2.31. The van der Waals surface area contributed by atoms with Gasteiger partial charge < -0.3 is 30.5 Å². The summed E-state index contributed by atoms with van der Waals surface area (Å²) in [5.41, 5.74) is 2.15. The third-order valence-corrected chi connectivity index (χ3v) is 5.22. The van der Waals surface area contributed by atoms with Crippen LogP contribution in [0.15, 0.2) is 36.4 Å². The Morgan fingerprint density at radius 2 is 1.40 bits per heavy atom. The molecule has 170 valence electrons. The van der Waals surface area contributed by atoms with Crippen molar-refractivity contribution in [3.05, 3.63) is 47.5 Å². The maximum atomic E-state index is 9.89. The lowest BCUT2D eigenvalue weighted by atomic mass is 9.87. The van der Waals surface area contributed by atoms with Crippen LogP contribution in [0.2, 0.25) is 0 Å². The van der Waals surface area contributed by atoms with Crippen LogP contribution < -0.4 is 14.8 Å². The predicted octanol–water partition coefficient (Wildman–Crippen LogP) is 4.44. The molecule has 0 saturated heterocycles. The van der Waals surface area contributed by atoms with Crippen molar-refractivity contribution in [2.24, 2.45) is 11.8 Å². The standard InChI is InChI=1S/C23H33NO4.ClH.H2O/c1-14(2)18(16-7-9-19(25)20(26)11-16)13-24-23(15(3)4)17-8-10-21(27-5)22(12-17)28-6;;/h7-12,14-15,18,23-26H,13H2,1-6H3;1H;1H2. The first-order chi connectivity index (χ1) is 13.3. The molecule has 7 heteroatoms. The van der Waals surface area contributed by atoms with Gasteiger partial charge in [0.05, 0.1) is 14.2 Å². The Hall–Kier alpha value is -2.15. The molecular formula is C23H36ClNO5. The molecule has 0 aliphatic carbocycles. The summed E-state index contributed by atoms with van der Waals surface area (Å²) in [6.45, 7) is 9.45. The molecular weight excluding hydrogens is 406 g/mol. The first-order valence-corrected chi connectivity index (χ1v) is 9.75. The first kappa shape index (κ1) is 27.8. The van der Waals surface area contributed by atoms with Gasteiger partial charge in [0.15, 0.2) is 23.0 Å². The zero-order valence-corrected chi connectivity index (χ0v) is 19.4. The van der Waals surface area contributed by atoms with Crippen LogP contribution in [-0.4, -0.2) is 36.5 Å². The second-order valence-electron chi connectivity index (χ2n) is 7.84. The van der Waals surface area contributed by atoms with Gasteiger partial charge in [-0.25, -0.2) is 0 Å². The number of aromatic hydroxyl groups is 2. The van der Waals surface area contributed by atoms with E-state index in [1.165, 1.54) is 0 Å². The average molecular weight is 442 g/mol. The Morgan fingerprint density at radius 1 is 0.800 bits per heavy atom. The van der Waals surface area contributed by atoms with Gasteiger partial charge in [0.1, 0.15) is 0 Å². The van der Waals surface area contributed by atoms with Crippen molar-refractivity contribution in [2.45, 2.75) is 39.7 Å². The van der Waals surface area contributed by atoms with E-state index in [-0.39, 0.29) is 41.3 Å². The van der Waals surface area contributed by atoms with Crippen LogP contribution in [-0.2, 0) is 0 Å². The van der Waals surface area contributed by atoms with E-state index in [9.17, 15) is 10.2 Å². The zero-order chi connectivity index (χ0) is 20.8. The molecule has 0 aliphatic heterocycles. The lowest BCUT2D eigenvalue weighted by molar-refractivity contribution is 0.348. The zero-order valence-electron chi connectivity index (χ0n) is 18.6. The lowest BCUT2D eigenvalue weighted by Gasteiger charge is -2.29. The van der Waals surface area contributed by atoms with Crippen LogP contribution >= 0.6 is 12.4 Å².